The Morgan fingerprint density at radius 3 is 2.59 bits per heavy atom. The highest BCUT2D eigenvalue weighted by molar-refractivity contribution is 8.08. The number of allylic oxidation sites excluding steroid dienone is 2. The van der Waals surface area contributed by atoms with E-state index in [0.717, 1.165) is 0 Å². The van der Waals surface area contributed by atoms with Gasteiger partial charge in [0, 0.05) is 5.41 Å². The minimum Gasteiger partial charge on any atom is -0.374 e. The van der Waals surface area contributed by atoms with Crippen LogP contribution in [0.4, 0.5) is 0 Å². The number of rotatable bonds is 2. The molecule has 0 amide bonds. The zero-order valence-corrected chi connectivity index (χ0v) is 10.9. The van der Waals surface area contributed by atoms with E-state index >= 15 is 0 Å². The molecule has 0 bridgehead atoms. The summed E-state index contributed by atoms with van der Waals surface area (Å²) in [6, 6.07) is 10.5. The van der Waals surface area contributed by atoms with Crippen LogP contribution in [0.25, 0.3) is 0 Å². The number of hydrogen-bond acceptors (Lipinski definition) is 2. The van der Waals surface area contributed by atoms with Crippen LogP contribution < -0.4 is 0 Å². The van der Waals surface area contributed by atoms with Gasteiger partial charge in [-0.25, -0.2) is 0 Å². The van der Waals surface area contributed by atoms with Crippen LogP contribution in [-0.4, -0.2) is 15.3 Å². The maximum atomic E-state index is 9.93. The van der Waals surface area contributed by atoms with Gasteiger partial charge in [0.1, 0.15) is 4.93 Å². The second-order valence-corrected chi connectivity index (χ2v) is 6.63. The molecule has 1 N–H and O–H groups in total. The molecule has 3 rings (SSSR count). The zero-order valence-electron chi connectivity index (χ0n) is 10.1. The van der Waals surface area contributed by atoms with E-state index in [0.29, 0.717) is 0 Å². The van der Waals surface area contributed by atoms with E-state index in [2.05, 4.69) is 50.3 Å². The molecule has 1 aliphatic carbocycles. The van der Waals surface area contributed by atoms with Crippen molar-refractivity contribution < 1.29 is 5.11 Å². The summed E-state index contributed by atoms with van der Waals surface area (Å²) in [6.45, 7) is 4.46. The summed E-state index contributed by atoms with van der Waals surface area (Å²) in [6.07, 6.45) is 6.21. The lowest BCUT2D eigenvalue weighted by Crippen LogP contribution is -2.23. The highest BCUT2D eigenvalue weighted by Gasteiger charge is 2.53. The predicted octanol–water partition coefficient (Wildman–Crippen LogP) is 3.26. The Hall–Kier alpha value is -0.990. The van der Waals surface area contributed by atoms with Crippen LogP contribution in [0.15, 0.2) is 54.1 Å². The van der Waals surface area contributed by atoms with Crippen LogP contribution in [0.5, 0.6) is 0 Å². The Labute approximate surface area is 106 Å². The molecule has 1 nitrogen and oxygen atoms in total. The molecule has 0 aromatic heterocycles. The molecule has 1 saturated heterocycles. The van der Waals surface area contributed by atoms with Gasteiger partial charge in [-0.2, -0.15) is 0 Å². The van der Waals surface area contributed by atoms with Crippen molar-refractivity contribution in [3.8, 4) is 0 Å². The van der Waals surface area contributed by atoms with Crippen molar-refractivity contribution in [3.05, 3.63) is 59.7 Å². The van der Waals surface area contributed by atoms with Crippen molar-refractivity contribution in [2.75, 3.05) is 0 Å². The average Bonchev–Trinajstić information content (AvgIpc) is 3.00. The molecule has 1 fully saturated rings. The van der Waals surface area contributed by atoms with Crippen molar-refractivity contribution in [2.45, 2.75) is 29.4 Å². The van der Waals surface area contributed by atoms with Gasteiger partial charge >= 0.3 is 0 Å². The number of fused-ring (bicyclic) bond motifs is 1. The third kappa shape index (κ3) is 1.76. The van der Waals surface area contributed by atoms with Crippen LogP contribution in [0.3, 0.4) is 0 Å². The summed E-state index contributed by atoms with van der Waals surface area (Å²) < 4.78 is 0. The highest BCUT2D eigenvalue weighted by atomic mass is 32.2. The van der Waals surface area contributed by atoms with Crippen molar-refractivity contribution in [2.24, 2.45) is 0 Å². The van der Waals surface area contributed by atoms with Crippen LogP contribution in [0.1, 0.15) is 19.4 Å². The van der Waals surface area contributed by atoms with Gasteiger partial charge in [-0.05, 0) is 17.2 Å². The Bertz CT molecular complexity index is 501. The van der Waals surface area contributed by atoms with Crippen molar-refractivity contribution in [1.82, 2.24) is 0 Å². The van der Waals surface area contributed by atoms with Crippen molar-refractivity contribution in [1.29, 1.82) is 0 Å². The molecule has 1 aromatic carbocycles. The second kappa shape index (κ2) is 3.50. The summed E-state index contributed by atoms with van der Waals surface area (Å²) in [4.78, 5) is -0.601. The summed E-state index contributed by atoms with van der Waals surface area (Å²) in [5, 5.41) is 10.2. The molecule has 2 heteroatoms. The molecule has 2 unspecified atom stereocenters. The summed E-state index contributed by atoms with van der Waals surface area (Å²) in [7, 11) is 0. The maximum Gasteiger partial charge on any atom is 0.145 e. The quantitative estimate of drug-likeness (QED) is 0.806. The molecule has 1 aromatic rings. The molecule has 0 radical (unpaired) electrons. The van der Waals surface area contributed by atoms with E-state index in [1.165, 1.54) is 11.1 Å². The number of benzene rings is 1. The first-order valence-electron chi connectivity index (χ1n) is 5.90. The van der Waals surface area contributed by atoms with E-state index in [1.54, 1.807) is 11.8 Å². The van der Waals surface area contributed by atoms with E-state index in [1.807, 2.05) is 12.1 Å². The fourth-order valence-corrected chi connectivity index (χ4v) is 3.17. The molecule has 2 atom stereocenters. The SMILES string of the molecule is CC(C)(C1=CC2SC2(O)C=C1)c1ccccc1. The van der Waals surface area contributed by atoms with E-state index in [4.69, 9.17) is 0 Å². The van der Waals surface area contributed by atoms with Gasteiger partial charge in [0.2, 0.25) is 0 Å². The summed E-state index contributed by atoms with van der Waals surface area (Å²) in [5.74, 6) is 0. The summed E-state index contributed by atoms with van der Waals surface area (Å²) in [5.41, 5.74) is 2.61. The first kappa shape index (κ1) is 11.1. The van der Waals surface area contributed by atoms with E-state index in [-0.39, 0.29) is 10.7 Å². The van der Waals surface area contributed by atoms with Gasteiger partial charge in [0.05, 0.1) is 5.25 Å². The largest absolute Gasteiger partial charge is 0.374 e. The van der Waals surface area contributed by atoms with Gasteiger partial charge in [-0.3, -0.25) is 0 Å². The monoisotopic (exact) mass is 244 g/mol. The van der Waals surface area contributed by atoms with E-state index in [9.17, 15) is 5.11 Å². The third-order valence-electron chi connectivity index (χ3n) is 3.72. The molecule has 2 aliphatic rings. The maximum absolute atomic E-state index is 9.93. The van der Waals surface area contributed by atoms with Gasteiger partial charge < -0.3 is 5.11 Å². The summed E-state index contributed by atoms with van der Waals surface area (Å²) >= 11 is 1.61. The van der Waals surface area contributed by atoms with Crippen molar-refractivity contribution >= 4 is 11.8 Å². The Morgan fingerprint density at radius 1 is 1.24 bits per heavy atom. The third-order valence-corrected chi connectivity index (χ3v) is 4.98. The number of hydrogen-bond donors (Lipinski definition) is 1. The topological polar surface area (TPSA) is 20.2 Å². The van der Waals surface area contributed by atoms with Crippen LogP contribution >= 0.6 is 11.8 Å². The smallest absolute Gasteiger partial charge is 0.145 e. The minimum atomic E-state index is -0.601. The lowest BCUT2D eigenvalue weighted by Gasteiger charge is -2.28. The molecule has 88 valence electrons. The number of aliphatic hydroxyl groups is 1. The fraction of sp³-hybridized carbons (Fsp3) is 0.333. The van der Waals surface area contributed by atoms with Crippen LogP contribution in [0, 0.1) is 0 Å². The molecular formula is C15H16OS. The average molecular weight is 244 g/mol. The lowest BCUT2D eigenvalue weighted by molar-refractivity contribution is 0.227. The van der Waals surface area contributed by atoms with Crippen molar-refractivity contribution in [3.63, 3.8) is 0 Å². The minimum absolute atomic E-state index is 0.00222. The van der Waals surface area contributed by atoms with Crippen LogP contribution in [-0.2, 0) is 5.41 Å². The van der Waals surface area contributed by atoms with Crippen LogP contribution in [0.2, 0.25) is 0 Å². The van der Waals surface area contributed by atoms with Gasteiger partial charge in [-0.15, -0.1) is 11.8 Å². The Morgan fingerprint density at radius 2 is 1.94 bits per heavy atom. The highest BCUT2D eigenvalue weighted by Crippen LogP contribution is 2.56. The van der Waals surface area contributed by atoms with Gasteiger partial charge in [-0.1, -0.05) is 56.3 Å². The lowest BCUT2D eigenvalue weighted by atomic mass is 9.76. The Kier molecular flexibility index (Phi) is 2.29. The van der Waals surface area contributed by atoms with Gasteiger partial charge in [0.25, 0.3) is 0 Å². The molecule has 0 saturated carbocycles. The molecule has 1 aliphatic heterocycles. The standard InChI is InChI=1S/C15H16OS/c1-14(2,11-6-4-3-5-7-11)12-8-9-15(16)13(10-12)17-15/h3-10,13,16H,1-2H3. The molecule has 1 heterocycles. The predicted molar refractivity (Wildman–Crippen MR) is 73.0 cm³/mol. The zero-order chi connectivity index (χ0) is 12.1. The fourth-order valence-electron chi connectivity index (χ4n) is 2.32. The second-order valence-electron chi connectivity index (χ2n) is 5.24. The van der Waals surface area contributed by atoms with E-state index < -0.39 is 4.93 Å². The number of thioether (sulfide) groups is 1. The van der Waals surface area contributed by atoms with Gasteiger partial charge in [0.15, 0.2) is 0 Å². The Balaban J connectivity index is 1.95. The first-order valence-corrected chi connectivity index (χ1v) is 6.78. The normalized spacial score (nSPS) is 30.8. The first-order chi connectivity index (χ1) is 8.02. The molecule has 17 heavy (non-hydrogen) atoms. The molecular weight excluding hydrogens is 228 g/mol. The molecule has 0 spiro atoms.